The molecule has 1 nitrogen and oxygen atoms in total. The van der Waals surface area contributed by atoms with Gasteiger partial charge in [-0.2, -0.15) is 0 Å². The van der Waals surface area contributed by atoms with E-state index in [1.165, 1.54) is 104 Å². The van der Waals surface area contributed by atoms with Gasteiger partial charge in [-0.05, 0) is 109 Å². The minimum Gasteiger partial charge on any atom is -0.311 e. The number of fused-ring (bicyclic) bond motifs is 8. The minimum atomic E-state index is 0.0824. The van der Waals surface area contributed by atoms with Crippen LogP contribution in [0.15, 0.2) is 206 Å². The van der Waals surface area contributed by atoms with E-state index in [4.69, 9.17) is 0 Å². The lowest BCUT2D eigenvalue weighted by molar-refractivity contribution is 1.30. The molecular weight excluding hydrogens is 705 g/mol. The molecule has 0 atom stereocenters. The maximum Gasteiger partial charge on any atom is 0.248 e. The summed E-state index contributed by atoms with van der Waals surface area (Å²) in [6.45, 7) is 0.0824. The molecule has 9 aromatic carbocycles. The van der Waals surface area contributed by atoms with Gasteiger partial charge >= 0.3 is 0 Å². The van der Waals surface area contributed by atoms with Crippen molar-refractivity contribution in [3.05, 3.63) is 206 Å². The van der Waals surface area contributed by atoms with Gasteiger partial charge in [0.25, 0.3) is 0 Å². The quantitative estimate of drug-likeness (QED) is 0.159. The second-order valence-electron chi connectivity index (χ2n) is 15.2. The van der Waals surface area contributed by atoms with Crippen molar-refractivity contribution in [2.75, 3.05) is 4.90 Å². The predicted octanol–water partition coefficient (Wildman–Crippen LogP) is 13.0. The Kier molecular flexibility index (Phi) is 7.26. The molecule has 0 fully saturated rings. The van der Waals surface area contributed by atoms with E-state index in [0.717, 1.165) is 5.69 Å². The average Bonchev–Trinajstić information content (AvgIpc) is 3.84. The van der Waals surface area contributed by atoms with Gasteiger partial charge in [-0.3, -0.25) is 0 Å². The van der Waals surface area contributed by atoms with Crippen LogP contribution in [0.25, 0.3) is 75.8 Å². The first-order valence-corrected chi connectivity index (χ1v) is 20.5. The molecule has 0 spiro atoms. The smallest absolute Gasteiger partial charge is 0.248 e. The van der Waals surface area contributed by atoms with Crippen molar-refractivity contribution in [2.24, 2.45) is 0 Å². The number of benzene rings is 9. The van der Waals surface area contributed by atoms with Gasteiger partial charge in [0.05, 0.1) is 0 Å². The Labute approximate surface area is 336 Å². The molecule has 0 radical (unpaired) electrons. The van der Waals surface area contributed by atoms with Gasteiger partial charge in [-0.1, -0.05) is 169 Å². The molecule has 57 heavy (non-hydrogen) atoms. The number of hydrogen-bond donors (Lipinski definition) is 0. The van der Waals surface area contributed by atoms with Crippen molar-refractivity contribution in [3.8, 4) is 55.6 Å². The van der Waals surface area contributed by atoms with Gasteiger partial charge in [0.15, 0.2) is 0 Å². The van der Waals surface area contributed by atoms with Crippen LogP contribution in [0, 0.1) is 0 Å². The molecule has 0 N–H and O–H groups in total. The highest BCUT2D eigenvalue weighted by atomic mass is 32.1. The topological polar surface area (TPSA) is 3.24 Å². The van der Waals surface area contributed by atoms with Crippen LogP contribution >= 0.6 is 11.3 Å². The van der Waals surface area contributed by atoms with Crippen LogP contribution in [0.2, 0.25) is 0 Å². The highest BCUT2D eigenvalue weighted by Gasteiger charge is 2.43. The van der Waals surface area contributed by atoms with Gasteiger partial charge in [-0.15, -0.1) is 11.3 Å². The van der Waals surface area contributed by atoms with Gasteiger partial charge in [0, 0.05) is 37.2 Å². The van der Waals surface area contributed by atoms with Crippen molar-refractivity contribution in [1.29, 1.82) is 0 Å². The molecule has 0 saturated carbocycles. The zero-order valence-electron chi connectivity index (χ0n) is 31.1. The molecule has 12 rings (SSSR count). The molecule has 2 aliphatic heterocycles. The molecule has 10 aromatic rings. The highest BCUT2D eigenvalue weighted by Crippen LogP contribution is 2.46. The van der Waals surface area contributed by atoms with Gasteiger partial charge in [-0.25, -0.2) is 0 Å². The van der Waals surface area contributed by atoms with Crippen molar-refractivity contribution in [1.82, 2.24) is 0 Å². The number of thiophene rings is 1. The largest absolute Gasteiger partial charge is 0.311 e. The summed E-state index contributed by atoms with van der Waals surface area (Å²) in [6.07, 6.45) is 0. The van der Waals surface area contributed by atoms with Crippen molar-refractivity contribution >= 4 is 71.7 Å². The monoisotopic (exact) mass is 739 g/mol. The van der Waals surface area contributed by atoms with E-state index < -0.39 is 0 Å². The maximum atomic E-state index is 2.54. The number of anilines is 3. The van der Waals surface area contributed by atoms with Crippen LogP contribution in [0.3, 0.4) is 0 Å². The number of hydrogen-bond acceptors (Lipinski definition) is 2. The number of rotatable bonds is 5. The van der Waals surface area contributed by atoms with E-state index in [0.29, 0.717) is 0 Å². The average molecular weight is 740 g/mol. The van der Waals surface area contributed by atoms with Crippen LogP contribution in [0.5, 0.6) is 0 Å². The standard InChI is InChI=1S/C54H34BNS/c1-4-13-35(14-5-1)38-23-27-42(28-24-38)56-49-30-26-40(37-17-8-3-9-18-37)33-48(49)55-47-32-39(36-15-6-2-7-16-36)25-29-44(47)46-31-41(34-50(56)54(46)55)43-20-12-22-52-53(43)45-19-10-11-21-51(45)57-52/h1-34H. The van der Waals surface area contributed by atoms with Crippen LogP contribution in [-0.4, -0.2) is 6.71 Å². The first-order chi connectivity index (χ1) is 28.3. The molecule has 2 aliphatic rings. The summed E-state index contributed by atoms with van der Waals surface area (Å²) in [6, 6.07) is 76.5. The zero-order valence-corrected chi connectivity index (χ0v) is 31.9. The first-order valence-electron chi connectivity index (χ1n) is 19.7. The predicted molar refractivity (Wildman–Crippen MR) is 246 cm³/mol. The van der Waals surface area contributed by atoms with Crippen molar-refractivity contribution in [2.45, 2.75) is 0 Å². The molecular formula is C54H34BNS. The third-order valence-corrected chi connectivity index (χ3v) is 13.2. The second kappa shape index (κ2) is 12.8. The van der Waals surface area contributed by atoms with Crippen LogP contribution in [0.4, 0.5) is 17.1 Å². The fraction of sp³-hybridized carbons (Fsp3) is 0. The summed E-state index contributed by atoms with van der Waals surface area (Å²) in [7, 11) is 0. The fourth-order valence-corrected chi connectivity index (χ4v) is 10.6. The molecule has 0 unspecified atom stereocenters. The first kappa shape index (κ1) is 32.3. The van der Waals surface area contributed by atoms with E-state index in [1.54, 1.807) is 0 Å². The Morgan fingerprint density at radius 2 is 0.930 bits per heavy atom. The molecule has 0 aliphatic carbocycles. The normalized spacial score (nSPS) is 12.5. The second-order valence-corrected chi connectivity index (χ2v) is 16.3. The van der Waals surface area contributed by atoms with E-state index in [1.807, 2.05) is 11.3 Å². The van der Waals surface area contributed by atoms with Gasteiger partial charge < -0.3 is 4.90 Å². The van der Waals surface area contributed by atoms with Crippen LogP contribution < -0.4 is 21.3 Å². The third kappa shape index (κ3) is 5.09. The molecule has 264 valence electrons. The lowest BCUT2D eigenvalue weighted by Gasteiger charge is -2.36. The van der Waals surface area contributed by atoms with E-state index >= 15 is 0 Å². The molecule has 3 heterocycles. The summed E-state index contributed by atoms with van der Waals surface area (Å²) in [5.41, 5.74) is 20.2. The number of nitrogens with zero attached hydrogens (tertiary/aromatic N) is 1. The lowest BCUT2D eigenvalue weighted by atomic mass is 9.37. The Morgan fingerprint density at radius 1 is 0.351 bits per heavy atom. The van der Waals surface area contributed by atoms with Crippen molar-refractivity contribution < 1.29 is 0 Å². The Balaban J connectivity index is 1.15. The summed E-state index contributed by atoms with van der Waals surface area (Å²) in [4.78, 5) is 2.54. The Hall–Kier alpha value is -6.94. The maximum absolute atomic E-state index is 2.54. The minimum absolute atomic E-state index is 0.0824. The molecule has 0 saturated heterocycles. The summed E-state index contributed by atoms with van der Waals surface area (Å²) < 4.78 is 2.64. The molecule has 0 amide bonds. The summed E-state index contributed by atoms with van der Waals surface area (Å²) in [5, 5.41) is 2.65. The summed E-state index contributed by atoms with van der Waals surface area (Å²) in [5.74, 6) is 0. The zero-order chi connectivity index (χ0) is 37.5. The highest BCUT2D eigenvalue weighted by molar-refractivity contribution is 7.26. The summed E-state index contributed by atoms with van der Waals surface area (Å²) >= 11 is 1.88. The van der Waals surface area contributed by atoms with Gasteiger partial charge in [0.1, 0.15) is 0 Å². The Bertz CT molecular complexity index is 3170. The van der Waals surface area contributed by atoms with Crippen LogP contribution in [-0.2, 0) is 0 Å². The SMILES string of the molecule is c1ccc(-c2ccc(N3c4ccc(-c5ccccc5)cc4B4c5cc(-c6ccccc6)ccc5-c5cc(-c6cccc7sc8ccccc8c67)cc3c54)cc2)cc1. The molecule has 1 aromatic heterocycles. The van der Waals surface area contributed by atoms with Crippen LogP contribution in [0.1, 0.15) is 0 Å². The van der Waals surface area contributed by atoms with E-state index in [-0.39, 0.29) is 6.71 Å². The van der Waals surface area contributed by atoms with Gasteiger partial charge in [0.2, 0.25) is 6.71 Å². The molecule has 0 bridgehead atoms. The third-order valence-electron chi connectivity index (χ3n) is 12.1. The molecule has 3 heteroatoms. The fourth-order valence-electron chi connectivity index (χ4n) is 9.50. The lowest BCUT2D eigenvalue weighted by Crippen LogP contribution is -2.54. The van der Waals surface area contributed by atoms with E-state index in [9.17, 15) is 0 Å². The van der Waals surface area contributed by atoms with E-state index in [2.05, 4.69) is 211 Å². The van der Waals surface area contributed by atoms with Crippen molar-refractivity contribution in [3.63, 3.8) is 0 Å². The Morgan fingerprint density at radius 3 is 1.65 bits per heavy atom.